The van der Waals surface area contributed by atoms with Crippen molar-refractivity contribution < 1.29 is 9.53 Å². The van der Waals surface area contributed by atoms with Crippen LogP contribution in [0.15, 0.2) is 0 Å². The molecule has 1 amide bonds. The summed E-state index contributed by atoms with van der Waals surface area (Å²) in [5, 5.41) is 11.5. The lowest BCUT2D eigenvalue weighted by atomic mass is 9.82. The molecule has 0 spiro atoms. The molecule has 1 N–H and O–H groups in total. The highest BCUT2D eigenvalue weighted by Gasteiger charge is 2.32. The molecule has 122 valence electrons. The zero-order chi connectivity index (χ0) is 15.5. The van der Waals surface area contributed by atoms with E-state index in [0.29, 0.717) is 17.7 Å². The van der Waals surface area contributed by atoms with E-state index in [2.05, 4.69) is 20.1 Å². The molecule has 3 heterocycles. The summed E-state index contributed by atoms with van der Waals surface area (Å²) in [6.07, 6.45) is 5.61. The Morgan fingerprint density at radius 2 is 2.00 bits per heavy atom. The Bertz CT molecular complexity index is 520. The van der Waals surface area contributed by atoms with Crippen molar-refractivity contribution in [1.82, 2.24) is 20.1 Å². The van der Waals surface area contributed by atoms with E-state index < -0.39 is 0 Å². The van der Waals surface area contributed by atoms with Crippen molar-refractivity contribution in [3.8, 4) is 0 Å². The third kappa shape index (κ3) is 3.16. The lowest BCUT2D eigenvalue weighted by molar-refractivity contribution is 0.0556. The Morgan fingerprint density at radius 1 is 1.23 bits per heavy atom. The second kappa shape index (κ2) is 6.77. The van der Waals surface area contributed by atoms with E-state index in [1.54, 1.807) is 0 Å². The van der Waals surface area contributed by atoms with Gasteiger partial charge in [-0.3, -0.25) is 4.79 Å². The predicted molar refractivity (Wildman–Crippen MR) is 82.8 cm³/mol. The van der Waals surface area contributed by atoms with Crippen molar-refractivity contribution in [2.45, 2.75) is 64.5 Å². The van der Waals surface area contributed by atoms with Crippen LogP contribution in [0.2, 0.25) is 0 Å². The molecule has 2 aliphatic heterocycles. The first-order valence-electron chi connectivity index (χ1n) is 8.48. The number of fused-ring (bicyclic) bond motifs is 1. The average Bonchev–Trinajstić information content (AvgIpc) is 2.80. The molecule has 3 rings (SSSR count). The maximum absolute atomic E-state index is 12.3. The minimum absolute atomic E-state index is 0.109. The number of ether oxygens (including phenoxy) is 1. The Balaban J connectivity index is 1.86. The van der Waals surface area contributed by atoms with Crippen LogP contribution in [0.1, 0.15) is 68.3 Å². The van der Waals surface area contributed by atoms with E-state index >= 15 is 0 Å². The van der Waals surface area contributed by atoms with E-state index in [4.69, 9.17) is 4.74 Å². The van der Waals surface area contributed by atoms with Crippen molar-refractivity contribution >= 4 is 5.91 Å². The van der Waals surface area contributed by atoms with Crippen LogP contribution in [0.3, 0.4) is 0 Å². The molecule has 22 heavy (non-hydrogen) atoms. The fourth-order valence-electron chi connectivity index (χ4n) is 3.63. The van der Waals surface area contributed by atoms with Crippen molar-refractivity contribution in [1.29, 1.82) is 0 Å². The molecule has 1 unspecified atom stereocenters. The highest BCUT2D eigenvalue weighted by atomic mass is 16.5. The Hall–Kier alpha value is -1.43. The van der Waals surface area contributed by atoms with Gasteiger partial charge < -0.3 is 14.6 Å². The van der Waals surface area contributed by atoms with Gasteiger partial charge in [-0.15, -0.1) is 10.2 Å². The first kappa shape index (κ1) is 15.5. The summed E-state index contributed by atoms with van der Waals surface area (Å²) in [6.45, 7) is 6.46. The van der Waals surface area contributed by atoms with Crippen LogP contribution in [-0.4, -0.2) is 39.9 Å². The van der Waals surface area contributed by atoms with Gasteiger partial charge in [0.1, 0.15) is 5.82 Å². The summed E-state index contributed by atoms with van der Waals surface area (Å²) < 4.78 is 7.55. The van der Waals surface area contributed by atoms with Gasteiger partial charge in [0, 0.05) is 31.7 Å². The number of rotatable bonds is 3. The molecule has 1 aromatic rings. The first-order valence-corrected chi connectivity index (χ1v) is 8.48. The smallest absolute Gasteiger partial charge is 0.289 e. The largest absolute Gasteiger partial charge is 0.381 e. The normalized spacial score (nSPS) is 23.1. The molecule has 1 saturated heterocycles. The van der Waals surface area contributed by atoms with Crippen molar-refractivity contribution in [2.24, 2.45) is 5.92 Å². The SMILES string of the molecule is CC(C)NC(=O)c1nnc2n1CCCCC2C1CCOCC1. The van der Waals surface area contributed by atoms with E-state index in [9.17, 15) is 4.79 Å². The number of carbonyl (C=O) groups excluding carboxylic acids is 1. The molecule has 1 fully saturated rings. The van der Waals surface area contributed by atoms with Crippen LogP contribution in [0.25, 0.3) is 0 Å². The summed E-state index contributed by atoms with van der Waals surface area (Å²) in [7, 11) is 0. The molecule has 0 aliphatic carbocycles. The summed E-state index contributed by atoms with van der Waals surface area (Å²) in [4.78, 5) is 12.3. The monoisotopic (exact) mass is 306 g/mol. The number of hydrogen-bond donors (Lipinski definition) is 1. The minimum atomic E-state index is -0.110. The Morgan fingerprint density at radius 3 is 2.73 bits per heavy atom. The van der Waals surface area contributed by atoms with Crippen molar-refractivity contribution in [3.05, 3.63) is 11.6 Å². The fraction of sp³-hybridized carbons (Fsp3) is 0.812. The van der Waals surface area contributed by atoms with Crippen molar-refractivity contribution in [3.63, 3.8) is 0 Å². The van der Waals surface area contributed by atoms with Crippen LogP contribution in [0.5, 0.6) is 0 Å². The third-order valence-electron chi connectivity index (χ3n) is 4.72. The maximum atomic E-state index is 12.3. The molecule has 0 saturated carbocycles. The van der Waals surface area contributed by atoms with Crippen LogP contribution in [-0.2, 0) is 11.3 Å². The summed E-state index contributed by atoms with van der Waals surface area (Å²) in [5.74, 6) is 2.40. The number of nitrogens with zero attached hydrogens (tertiary/aromatic N) is 3. The number of aromatic nitrogens is 3. The number of nitrogens with one attached hydrogen (secondary N) is 1. The van der Waals surface area contributed by atoms with E-state index in [0.717, 1.165) is 51.3 Å². The molecular weight excluding hydrogens is 280 g/mol. The van der Waals surface area contributed by atoms with Crippen LogP contribution < -0.4 is 5.32 Å². The van der Waals surface area contributed by atoms with Gasteiger partial charge in [-0.25, -0.2) is 0 Å². The van der Waals surface area contributed by atoms with Crippen LogP contribution in [0.4, 0.5) is 0 Å². The van der Waals surface area contributed by atoms with Gasteiger partial charge >= 0.3 is 0 Å². The number of hydrogen-bond acceptors (Lipinski definition) is 4. The van der Waals surface area contributed by atoms with E-state index in [1.165, 1.54) is 6.42 Å². The van der Waals surface area contributed by atoms with Crippen LogP contribution >= 0.6 is 0 Å². The van der Waals surface area contributed by atoms with Crippen LogP contribution in [0, 0.1) is 5.92 Å². The first-order chi connectivity index (χ1) is 10.7. The molecule has 6 nitrogen and oxygen atoms in total. The number of carbonyl (C=O) groups is 1. The van der Waals surface area contributed by atoms with Crippen molar-refractivity contribution in [2.75, 3.05) is 13.2 Å². The topological polar surface area (TPSA) is 69.0 Å². The Labute approximate surface area is 131 Å². The van der Waals surface area contributed by atoms with Gasteiger partial charge in [0.2, 0.25) is 5.82 Å². The highest BCUT2D eigenvalue weighted by molar-refractivity contribution is 5.90. The van der Waals surface area contributed by atoms with E-state index in [-0.39, 0.29) is 11.9 Å². The highest BCUT2D eigenvalue weighted by Crippen LogP contribution is 2.37. The molecule has 0 aromatic carbocycles. The average molecular weight is 306 g/mol. The van der Waals surface area contributed by atoms with Gasteiger partial charge in [0.15, 0.2) is 0 Å². The molecule has 6 heteroatoms. The van der Waals surface area contributed by atoms with Gasteiger partial charge in [0.05, 0.1) is 0 Å². The predicted octanol–water partition coefficient (Wildman–Crippen LogP) is 2.11. The molecule has 1 atom stereocenters. The van der Waals surface area contributed by atoms with Gasteiger partial charge in [0.25, 0.3) is 5.91 Å². The van der Waals surface area contributed by atoms with E-state index in [1.807, 2.05) is 13.8 Å². The molecule has 0 radical (unpaired) electrons. The molecule has 0 bridgehead atoms. The molecule has 2 aliphatic rings. The second-order valence-corrected chi connectivity index (χ2v) is 6.71. The summed E-state index contributed by atoms with van der Waals surface area (Å²) >= 11 is 0. The minimum Gasteiger partial charge on any atom is -0.381 e. The Kier molecular flexibility index (Phi) is 4.76. The number of amides is 1. The van der Waals surface area contributed by atoms with Gasteiger partial charge in [-0.1, -0.05) is 6.42 Å². The molecular formula is C16H26N4O2. The third-order valence-corrected chi connectivity index (χ3v) is 4.72. The second-order valence-electron chi connectivity index (χ2n) is 6.71. The zero-order valence-electron chi connectivity index (χ0n) is 13.5. The maximum Gasteiger partial charge on any atom is 0.289 e. The van der Waals surface area contributed by atoms with Gasteiger partial charge in [-0.05, 0) is 45.4 Å². The summed E-state index contributed by atoms with van der Waals surface area (Å²) in [6, 6.07) is 0.109. The standard InChI is InChI=1S/C16H26N4O2/c1-11(2)17-16(21)15-19-18-14-13(5-3-4-8-20(14)15)12-6-9-22-10-7-12/h11-13H,3-10H2,1-2H3,(H,17,21). The lowest BCUT2D eigenvalue weighted by Gasteiger charge is -2.28. The fourth-order valence-corrected chi connectivity index (χ4v) is 3.63. The zero-order valence-corrected chi connectivity index (χ0v) is 13.5. The molecule has 1 aromatic heterocycles. The van der Waals surface area contributed by atoms with Gasteiger partial charge in [-0.2, -0.15) is 0 Å². The summed E-state index contributed by atoms with van der Waals surface area (Å²) in [5.41, 5.74) is 0. The quantitative estimate of drug-likeness (QED) is 0.928. The lowest BCUT2D eigenvalue weighted by Crippen LogP contribution is -2.32.